The quantitative estimate of drug-likeness (QED) is 0.588. The van der Waals surface area contributed by atoms with E-state index in [4.69, 9.17) is 11.6 Å². The van der Waals surface area contributed by atoms with Crippen LogP contribution in [0.5, 0.6) is 0 Å². The molecule has 0 heterocycles. The van der Waals surface area contributed by atoms with Crippen molar-refractivity contribution in [2.45, 2.75) is 13.8 Å². The van der Waals surface area contributed by atoms with E-state index in [0.29, 0.717) is 5.56 Å². The number of carbonyl (C=O) groups excluding carboxylic acids is 1. The maximum absolute atomic E-state index is 11.3. The zero-order valence-corrected chi connectivity index (χ0v) is 9.87. The molecule has 0 N–H and O–H groups in total. The first-order chi connectivity index (χ1) is 6.06. The summed E-state index contributed by atoms with van der Waals surface area (Å²) in [6.45, 7) is 3.99. The Kier molecular flexibility index (Phi) is 3.51. The van der Waals surface area contributed by atoms with E-state index in [1.165, 1.54) is 0 Å². The van der Waals surface area contributed by atoms with Crippen molar-refractivity contribution in [3.05, 3.63) is 33.3 Å². The molecule has 70 valence electrons. The lowest BCUT2D eigenvalue weighted by molar-refractivity contribution is 0.102. The maximum Gasteiger partial charge on any atom is 0.177 e. The van der Waals surface area contributed by atoms with Gasteiger partial charge in [-0.1, -0.05) is 15.9 Å². The first-order valence-electron chi connectivity index (χ1n) is 3.92. The lowest BCUT2D eigenvalue weighted by atomic mass is 10.0. The standard InChI is InChI=1S/C10H10BrClO/c1-6-3-8(10(13)5-12)4-9(11)7(6)2/h3-4H,5H2,1-2H3. The molecule has 0 aromatic heterocycles. The second kappa shape index (κ2) is 4.25. The van der Waals surface area contributed by atoms with Crippen molar-refractivity contribution in [2.75, 3.05) is 5.88 Å². The molecule has 0 fully saturated rings. The largest absolute Gasteiger partial charge is 0.293 e. The zero-order chi connectivity index (χ0) is 10.0. The van der Waals surface area contributed by atoms with E-state index in [-0.39, 0.29) is 11.7 Å². The number of alkyl halides is 1. The molecule has 0 aliphatic carbocycles. The highest BCUT2D eigenvalue weighted by Crippen LogP contribution is 2.22. The molecule has 0 saturated carbocycles. The predicted molar refractivity (Wildman–Crippen MR) is 58.7 cm³/mol. The van der Waals surface area contributed by atoms with Gasteiger partial charge in [0, 0.05) is 10.0 Å². The summed E-state index contributed by atoms with van der Waals surface area (Å²) in [5, 5.41) is 0. The van der Waals surface area contributed by atoms with Crippen LogP contribution in [0.2, 0.25) is 0 Å². The molecule has 0 aliphatic heterocycles. The molecule has 0 amide bonds. The van der Waals surface area contributed by atoms with E-state index >= 15 is 0 Å². The van der Waals surface area contributed by atoms with Gasteiger partial charge < -0.3 is 0 Å². The Bertz CT molecular complexity index is 324. The number of hydrogen-bond acceptors (Lipinski definition) is 1. The summed E-state index contributed by atoms with van der Waals surface area (Å²) >= 11 is 8.87. The van der Waals surface area contributed by atoms with Gasteiger partial charge in [-0.2, -0.15) is 0 Å². The highest BCUT2D eigenvalue weighted by molar-refractivity contribution is 9.10. The van der Waals surface area contributed by atoms with Crippen LogP contribution in [-0.2, 0) is 0 Å². The Morgan fingerprint density at radius 3 is 2.54 bits per heavy atom. The van der Waals surface area contributed by atoms with E-state index in [9.17, 15) is 4.79 Å². The topological polar surface area (TPSA) is 17.1 Å². The molecule has 1 nitrogen and oxygen atoms in total. The number of Topliss-reactive ketones (excluding diaryl/α,β-unsaturated/α-hetero) is 1. The smallest absolute Gasteiger partial charge is 0.177 e. The first kappa shape index (κ1) is 10.7. The summed E-state index contributed by atoms with van der Waals surface area (Å²) < 4.78 is 0.959. The van der Waals surface area contributed by atoms with Crippen LogP contribution in [0.1, 0.15) is 21.5 Å². The van der Waals surface area contributed by atoms with E-state index in [1.807, 2.05) is 26.0 Å². The van der Waals surface area contributed by atoms with Gasteiger partial charge in [0.25, 0.3) is 0 Å². The van der Waals surface area contributed by atoms with Gasteiger partial charge in [0.05, 0.1) is 5.88 Å². The van der Waals surface area contributed by atoms with Gasteiger partial charge in [-0.15, -0.1) is 11.6 Å². The average Bonchev–Trinajstić information content (AvgIpc) is 2.12. The minimum Gasteiger partial charge on any atom is -0.293 e. The monoisotopic (exact) mass is 260 g/mol. The minimum absolute atomic E-state index is 0.0366. The second-order valence-corrected chi connectivity index (χ2v) is 4.08. The van der Waals surface area contributed by atoms with Crippen molar-refractivity contribution in [3.63, 3.8) is 0 Å². The normalized spacial score (nSPS) is 10.2. The summed E-state index contributed by atoms with van der Waals surface area (Å²) in [4.78, 5) is 11.3. The van der Waals surface area contributed by atoms with Crippen LogP contribution in [0.4, 0.5) is 0 Å². The lowest BCUT2D eigenvalue weighted by Crippen LogP contribution is -2.01. The summed E-state index contributed by atoms with van der Waals surface area (Å²) in [6.07, 6.45) is 0. The van der Waals surface area contributed by atoms with Gasteiger partial charge in [-0.3, -0.25) is 4.79 Å². The van der Waals surface area contributed by atoms with Crippen molar-refractivity contribution in [2.24, 2.45) is 0 Å². The Balaban J connectivity index is 3.20. The van der Waals surface area contributed by atoms with E-state index in [0.717, 1.165) is 15.6 Å². The van der Waals surface area contributed by atoms with Crippen LogP contribution < -0.4 is 0 Å². The molecule has 0 bridgehead atoms. The fourth-order valence-corrected chi connectivity index (χ4v) is 1.77. The third-order valence-corrected chi connectivity index (χ3v) is 3.11. The Labute approximate surface area is 91.2 Å². The second-order valence-electron chi connectivity index (χ2n) is 2.96. The molecule has 0 spiro atoms. The fourth-order valence-electron chi connectivity index (χ4n) is 1.05. The molecular formula is C10H10BrClO. The number of benzene rings is 1. The van der Waals surface area contributed by atoms with Crippen LogP contribution in [0.25, 0.3) is 0 Å². The Hall–Kier alpha value is -0.340. The van der Waals surface area contributed by atoms with Crippen molar-refractivity contribution < 1.29 is 4.79 Å². The van der Waals surface area contributed by atoms with Gasteiger partial charge >= 0.3 is 0 Å². The molecule has 1 aromatic rings. The molecule has 0 saturated heterocycles. The van der Waals surface area contributed by atoms with Crippen LogP contribution >= 0.6 is 27.5 Å². The Morgan fingerprint density at radius 1 is 1.46 bits per heavy atom. The van der Waals surface area contributed by atoms with Crippen LogP contribution in [-0.4, -0.2) is 11.7 Å². The Morgan fingerprint density at radius 2 is 2.08 bits per heavy atom. The molecule has 1 rings (SSSR count). The van der Waals surface area contributed by atoms with Crippen molar-refractivity contribution in [3.8, 4) is 0 Å². The van der Waals surface area contributed by atoms with Crippen LogP contribution in [0.3, 0.4) is 0 Å². The third-order valence-electron chi connectivity index (χ3n) is 2.05. The number of aryl methyl sites for hydroxylation is 1. The van der Waals surface area contributed by atoms with Gasteiger partial charge in [0.15, 0.2) is 5.78 Å². The summed E-state index contributed by atoms with van der Waals surface area (Å²) in [5.41, 5.74) is 2.93. The van der Waals surface area contributed by atoms with E-state index in [1.54, 1.807) is 0 Å². The fraction of sp³-hybridized carbons (Fsp3) is 0.300. The van der Waals surface area contributed by atoms with Gasteiger partial charge in [0.1, 0.15) is 0 Å². The molecular weight excluding hydrogens is 251 g/mol. The predicted octanol–water partition coefficient (Wildman–Crippen LogP) is 3.49. The highest BCUT2D eigenvalue weighted by atomic mass is 79.9. The average molecular weight is 262 g/mol. The zero-order valence-electron chi connectivity index (χ0n) is 7.53. The van der Waals surface area contributed by atoms with Crippen molar-refractivity contribution in [1.82, 2.24) is 0 Å². The molecule has 0 unspecified atom stereocenters. The van der Waals surface area contributed by atoms with Gasteiger partial charge in [0.2, 0.25) is 0 Å². The SMILES string of the molecule is Cc1cc(C(=O)CCl)cc(Br)c1C. The van der Waals surface area contributed by atoms with E-state index < -0.39 is 0 Å². The molecule has 3 heteroatoms. The first-order valence-corrected chi connectivity index (χ1v) is 5.25. The molecule has 1 aromatic carbocycles. The number of ketones is 1. The maximum atomic E-state index is 11.3. The third kappa shape index (κ3) is 2.32. The summed E-state index contributed by atoms with van der Waals surface area (Å²) in [5.74, 6) is 0.0000428. The lowest BCUT2D eigenvalue weighted by Gasteiger charge is -2.05. The molecule has 13 heavy (non-hydrogen) atoms. The van der Waals surface area contributed by atoms with Crippen molar-refractivity contribution in [1.29, 1.82) is 0 Å². The number of carbonyl (C=O) groups is 1. The number of hydrogen-bond donors (Lipinski definition) is 0. The van der Waals surface area contributed by atoms with Gasteiger partial charge in [-0.25, -0.2) is 0 Å². The van der Waals surface area contributed by atoms with E-state index in [2.05, 4.69) is 15.9 Å². The van der Waals surface area contributed by atoms with Crippen LogP contribution in [0.15, 0.2) is 16.6 Å². The number of rotatable bonds is 2. The summed E-state index contributed by atoms with van der Waals surface area (Å²) in [6, 6.07) is 3.68. The molecule has 0 radical (unpaired) electrons. The molecule has 0 atom stereocenters. The van der Waals surface area contributed by atoms with Crippen molar-refractivity contribution >= 4 is 33.3 Å². The minimum atomic E-state index is -0.0366. The summed E-state index contributed by atoms with van der Waals surface area (Å²) in [7, 11) is 0. The highest BCUT2D eigenvalue weighted by Gasteiger charge is 2.07. The molecule has 0 aliphatic rings. The van der Waals surface area contributed by atoms with Gasteiger partial charge in [-0.05, 0) is 37.1 Å². The number of halogens is 2. The van der Waals surface area contributed by atoms with Crippen LogP contribution in [0, 0.1) is 13.8 Å².